The molecule has 1 N–H and O–H groups in total. The molecule has 3 atom stereocenters. The fourth-order valence-corrected chi connectivity index (χ4v) is 8.81. The smallest absolute Gasteiger partial charge is 0.264 e. The third kappa shape index (κ3) is 13.6. The Hall–Kier alpha value is -3.94. The Kier molecular flexibility index (Phi) is 15.8. The third-order valence-corrected chi connectivity index (χ3v) is 11.8. The fraction of sp³-hybridized carbons (Fsp3) is 0.457. The number of amides is 1. The van der Waals surface area contributed by atoms with Crippen molar-refractivity contribution < 1.29 is 17.4 Å². The molecule has 3 fully saturated rings. The van der Waals surface area contributed by atoms with Crippen molar-refractivity contribution in [3.8, 4) is 0 Å². The van der Waals surface area contributed by atoms with Gasteiger partial charge in [-0.15, -0.1) is 0 Å². The van der Waals surface area contributed by atoms with Gasteiger partial charge in [-0.25, -0.2) is 0 Å². The Morgan fingerprint density at radius 2 is 1.02 bits per heavy atom. The van der Waals surface area contributed by atoms with E-state index in [0.717, 1.165) is 91.3 Å². The number of carbonyl (C=O) groups excluding carboxylic acids is 1. The van der Waals surface area contributed by atoms with E-state index in [-0.39, 0.29) is 24.6 Å². The molecule has 10 nitrogen and oxygen atoms in total. The summed E-state index contributed by atoms with van der Waals surface area (Å²) in [4.78, 5) is 24.9. The monoisotopic (exact) mass is 794 g/mol. The van der Waals surface area contributed by atoms with E-state index < -0.39 is 10.1 Å². The van der Waals surface area contributed by atoms with E-state index in [1.54, 1.807) is 0 Å². The highest BCUT2D eigenvalue weighted by molar-refractivity contribution is 7.85. The van der Waals surface area contributed by atoms with E-state index in [0.29, 0.717) is 12.0 Å². The zero-order chi connectivity index (χ0) is 40.0. The van der Waals surface area contributed by atoms with Crippen LogP contribution in [0.2, 0.25) is 0 Å². The van der Waals surface area contributed by atoms with Crippen LogP contribution in [0.4, 0.5) is 0 Å². The number of nitrogens with zero attached hydrogens (tertiary/aromatic N) is 5. The number of hydrogen-bond acceptors (Lipinski definition) is 9. The predicted octanol–water partition coefficient (Wildman–Crippen LogP) is 5.18. The average molecular weight is 795 g/mol. The van der Waals surface area contributed by atoms with E-state index in [4.69, 9.17) is 4.18 Å². The van der Waals surface area contributed by atoms with Gasteiger partial charge in [-0.2, -0.15) is 8.42 Å². The maximum absolute atomic E-state index is 12.6. The summed E-state index contributed by atoms with van der Waals surface area (Å²) in [5, 5.41) is 3.07. The molecule has 0 aliphatic carbocycles. The molecule has 57 heavy (non-hydrogen) atoms. The lowest BCUT2D eigenvalue weighted by atomic mass is 9.98. The number of carbonyl (C=O) groups is 1. The van der Waals surface area contributed by atoms with Crippen LogP contribution >= 0.6 is 0 Å². The number of piperazine rings is 3. The maximum atomic E-state index is 12.6. The topological polar surface area (TPSA) is 88.7 Å². The Morgan fingerprint density at radius 1 is 0.596 bits per heavy atom. The van der Waals surface area contributed by atoms with Crippen LogP contribution in [0.5, 0.6) is 0 Å². The van der Waals surface area contributed by atoms with Crippen LogP contribution in [0.15, 0.2) is 121 Å². The number of benzene rings is 4. The highest BCUT2D eigenvalue weighted by Crippen LogP contribution is 2.22. The van der Waals surface area contributed by atoms with Gasteiger partial charge in [0.1, 0.15) is 0 Å². The molecule has 3 saturated heterocycles. The average Bonchev–Trinajstić information content (AvgIpc) is 3.20. The van der Waals surface area contributed by atoms with Crippen LogP contribution < -0.4 is 5.32 Å². The van der Waals surface area contributed by atoms with E-state index in [1.165, 1.54) is 22.3 Å². The molecule has 0 radical (unpaired) electrons. The van der Waals surface area contributed by atoms with Crippen molar-refractivity contribution in [1.29, 1.82) is 0 Å². The normalized spacial score (nSPS) is 21.8. The fourth-order valence-electron chi connectivity index (χ4n) is 8.40. The summed E-state index contributed by atoms with van der Waals surface area (Å²) in [5.74, 6) is 0.500. The second-order valence-corrected chi connectivity index (χ2v) is 17.8. The van der Waals surface area contributed by atoms with E-state index in [9.17, 15) is 13.2 Å². The number of rotatable bonds is 14. The van der Waals surface area contributed by atoms with Gasteiger partial charge in [0, 0.05) is 97.2 Å². The van der Waals surface area contributed by atoms with Crippen LogP contribution in [0.25, 0.3) is 0 Å². The quantitative estimate of drug-likeness (QED) is 0.174. The van der Waals surface area contributed by atoms with Crippen molar-refractivity contribution in [3.05, 3.63) is 144 Å². The molecule has 306 valence electrons. The summed E-state index contributed by atoms with van der Waals surface area (Å²) in [5.41, 5.74) is 5.23. The van der Waals surface area contributed by atoms with Crippen molar-refractivity contribution in [3.63, 3.8) is 0 Å². The molecule has 3 aliphatic heterocycles. The second-order valence-electron chi connectivity index (χ2n) is 16.1. The highest BCUT2D eigenvalue weighted by Gasteiger charge is 2.36. The van der Waals surface area contributed by atoms with Crippen LogP contribution in [0.1, 0.15) is 36.1 Å². The minimum atomic E-state index is -3.44. The molecular formula is C46H62N6O4S. The minimum absolute atomic E-state index is 0.0307. The van der Waals surface area contributed by atoms with E-state index in [2.05, 4.69) is 129 Å². The van der Waals surface area contributed by atoms with Crippen LogP contribution in [0, 0.1) is 5.92 Å². The summed E-state index contributed by atoms with van der Waals surface area (Å²) in [6.07, 6.45) is 1.11. The minimum Gasteiger partial charge on any atom is -0.353 e. The first-order valence-corrected chi connectivity index (χ1v) is 22.4. The zero-order valence-corrected chi connectivity index (χ0v) is 34.8. The predicted molar refractivity (Wildman–Crippen MR) is 229 cm³/mol. The van der Waals surface area contributed by atoms with Gasteiger partial charge in [-0.1, -0.05) is 135 Å². The third-order valence-electron chi connectivity index (χ3n) is 11.2. The van der Waals surface area contributed by atoms with Crippen LogP contribution in [-0.2, 0) is 45.3 Å². The Labute approximate surface area is 341 Å². The summed E-state index contributed by atoms with van der Waals surface area (Å²) >= 11 is 0. The Bertz CT molecular complexity index is 1890. The summed E-state index contributed by atoms with van der Waals surface area (Å²) in [6, 6.07) is 42.6. The Balaban J connectivity index is 0.000000196. The number of nitrogens with one attached hydrogen (secondary N) is 1. The van der Waals surface area contributed by atoms with Gasteiger partial charge in [-0.05, 0) is 28.2 Å². The number of hydrogen-bond donors (Lipinski definition) is 1. The molecule has 0 aromatic heterocycles. The van der Waals surface area contributed by atoms with Crippen molar-refractivity contribution in [2.45, 2.75) is 58.2 Å². The van der Waals surface area contributed by atoms with Crippen molar-refractivity contribution in [1.82, 2.24) is 29.8 Å². The first-order valence-electron chi connectivity index (χ1n) is 20.5. The molecule has 4 aromatic rings. The van der Waals surface area contributed by atoms with Crippen LogP contribution in [-0.4, -0.2) is 129 Å². The zero-order valence-electron chi connectivity index (χ0n) is 34.0. The van der Waals surface area contributed by atoms with Gasteiger partial charge in [-0.3, -0.25) is 33.5 Å². The highest BCUT2D eigenvalue weighted by atomic mass is 32.2. The lowest BCUT2D eigenvalue weighted by Crippen LogP contribution is -2.62. The van der Waals surface area contributed by atoms with Crippen molar-refractivity contribution in [2.75, 3.05) is 71.8 Å². The van der Waals surface area contributed by atoms with Gasteiger partial charge in [0.15, 0.2) is 0 Å². The first-order chi connectivity index (χ1) is 27.6. The first kappa shape index (κ1) is 42.7. The lowest BCUT2D eigenvalue weighted by molar-refractivity contribution is -0.131. The largest absolute Gasteiger partial charge is 0.353 e. The van der Waals surface area contributed by atoms with E-state index >= 15 is 0 Å². The van der Waals surface area contributed by atoms with E-state index in [1.807, 2.05) is 36.4 Å². The molecule has 11 heteroatoms. The van der Waals surface area contributed by atoms with Gasteiger partial charge in [0.25, 0.3) is 10.1 Å². The Morgan fingerprint density at radius 3 is 1.46 bits per heavy atom. The summed E-state index contributed by atoms with van der Waals surface area (Å²) < 4.78 is 28.1. The maximum Gasteiger partial charge on any atom is 0.264 e. The molecule has 0 saturated carbocycles. The van der Waals surface area contributed by atoms with Crippen LogP contribution in [0.3, 0.4) is 0 Å². The SMILES string of the molecule is CC(C)C1C(=O)NCCN1C[C@H]1CN(Cc2ccccc2)CCN1Cc1ccccc1.CS(=O)(=O)OC[C@H]1CN(Cc2ccccc2)CCN1Cc1ccccc1. The molecule has 1 amide bonds. The molecule has 0 bridgehead atoms. The summed E-state index contributed by atoms with van der Waals surface area (Å²) in [7, 11) is -3.44. The standard InChI is InChI=1S/C26H36N4O.C20H26N2O3S/c1-21(2)25-26(31)27-13-14-30(25)20-24-19-28(17-22-9-5-3-6-10-22)15-16-29(24)18-23-11-7-4-8-12-23;1-26(23,24)25-17-20-16-21(14-18-8-4-2-5-9-18)12-13-22(20)15-19-10-6-3-7-11-19/h3-12,21,24-25H,13-20H2,1-2H3,(H,27,31);2-11,20H,12-17H2,1H3/t24-,25?;20-/m11/s1. The molecule has 7 rings (SSSR count). The molecule has 0 spiro atoms. The molecule has 3 aliphatic rings. The lowest BCUT2D eigenvalue weighted by Gasteiger charge is -2.46. The molecule has 4 aromatic carbocycles. The summed E-state index contributed by atoms with van der Waals surface area (Å²) in [6.45, 7) is 16.6. The van der Waals surface area contributed by atoms with Gasteiger partial charge in [0.05, 0.1) is 18.9 Å². The van der Waals surface area contributed by atoms with Crippen molar-refractivity contribution >= 4 is 16.0 Å². The second kappa shape index (κ2) is 21.2. The molecule has 1 unspecified atom stereocenters. The van der Waals surface area contributed by atoms with Crippen molar-refractivity contribution in [2.24, 2.45) is 5.92 Å². The van der Waals surface area contributed by atoms with Gasteiger partial charge < -0.3 is 5.32 Å². The van der Waals surface area contributed by atoms with Gasteiger partial charge >= 0.3 is 0 Å². The van der Waals surface area contributed by atoms with Gasteiger partial charge in [0.2, 0.25) is 5.91 Å². The molecular weight excluding hydrogens is 733 g/mol. The molecule has 3 heterocycles.